The molecule has 4 heteroatoms. The Hall–Kier alpha value is -0.280. The first-order valence-corrected chi connectivity index (χ1v) is 3.66. The predicted molar refractivity (Wildman–Crippen MR) is 44.6 cm³/mol. The number of hydrogen-bond donors (Lipinski definition) is 1. The van der Waals surface area contributed by atoms with Crippen LogP contribution in [0.4, 0.5) is 0 Å². The molecule has 0 aliphatic heterocycles. The molecule has 0 spiro atoms. The van der Waals surface area contributed by atoms with Gasteiger partial charge >= 0.3 is 5.97 Å². The summed E-state index contributed by atoms with van der Waals surface area (Å²) < 4.78 is 4.80. The van der Waals surface area contributed by atoms with Gasteiger partial charge in [0.2, 0.25) is 0 Å². The third kappa shape index (κ3) is 2.67. The molecule has 11 heavy (non-hydrogen) atoms. The lowest BCUT2D eigenvalue weighted by molar-refractivity contribution is -0.151. The van der Waals surface area contributed by atoms with E-state index in [2.05, 4.69) is 0 Å². The van der Waals surface area contributed by atoms with Crippen molar-refractivity contribution in [2.75, 3.05) is 6.61 Å². The normalized spacial score (nSPS) is 28.2. The number of nitrogens with two attached hydrogens (primary N) is 1. The van der Waals surface area contributed by atoms with Crippen molar-refractivity contribution in [2.24, 2.45) is 11.7 Å². The molecule has 2 N–H and O–H groups in total. The van der Waals surface area contributed by atoms with E-state index in [1.54, 1.807) is 0 Å². The molecule has 1 aliphatic rings. The van der Waals surface area contributed by atoms with Gasteiger partial charge in [0.1, 0.15) is 0 Å². The molecular weight excluding hydrogens is 166 g/mol. The largest absolute Gasteiger partial charge is 0.466 e. The van der Waals surface area contributed by atoms with Crippen molar-refractivity contribution in [2.45, 2.75) is 25.8 Å². The van der Waals surface area contributed by atoms with E-state index in [9.17, 15) is 4.79 Å². The van der Waals surface area contributed by atoms with Crippen LogP contribution in [0.3, 0.4) is 0 Å². The summed E-state index contributed by atoms with van der Waals surface area (Å²) in [6.45, 7) is 2.29. The van der Waals surface area contributed by atoms with Crippen LogP contribution in [-0.4, -0.2) is 18.6 Å². The van der Waals surface area contributed by atoms with Crippen LogP contribution in [0.15, 0.2) is 0 Å². The van der Waals surface area contributed by atoms with Gasteiger partial charge in [-0.25, -0.2) is 0 Å². The highest BCUT2D eigenvalue weighted by atomic mass is 35.5. The summed E-state index contributed by atoms with van der Waals surface area (Å²) in [5.74, 6) is 0.0131. The maximum atomic E-state index is 10.9. The molecule has 1 rings (SSSR count). The molecule has 0 unspecified atom stereocenters. The average molecular weight is 180 g/mol. The fraction of sp³-hybridized carbons (Fsp3) is 0.857. The van der Waals surface area contributed by atoms with E-state index in [0.717, 1.165) is 12.8 Å². The first-order chi connectivity index (χ1) is 4.74. The van der Waals surface area contributed by atoms with E-state index in [4.69, 9.17) is 10.5 Å². The Morgan fingerprint density at radius 1 is 1.64 bits per heavy atom. The van der Waals surface area contributed by atoms with Crippen molar-refractivity contribution in [3.05, 3.63) is 0 Å². The Bertz CT molecular complexity index is 134. The number of rotatable bonds is 2. The Morgan fingerprint density at radius 3 is 2.55 bits per heavy atom. The van der Waals surface area contributed by atoms with Crippen molar-refractivity contribution in [1.82, 2.24) is 0 Å². The fourth-order valence-electron chi connectivity index (χ4n) is 1.11. The molecule has 0 aromatic heterocycles. The van der Waals surface area contributed by atoms with Crippen LogP contribution in [0.5, 0.6) is 0 Å². The highest BCUT2D eigenvalue weighted by Gasteiger charge is 2.32. The van der Waals surface area contributed by atoms with Crippen molar-refractivity contribution < 1.29 is 9.53 Å². The molecule has 3 nitrogen and oxygen atoms in total. The Morgan fingerprint density at radius 2 is 2.18 bits per heavy atom. The number of hydrogen-bond acceptors (Lipinski definition) is 3. The second-order valence-electron chi connectivity index (χ2n) is 2.68. The summed E-state index contributed by atoms with van der Waals surface area (Å²) in [7, 11) is 0. The summed E-state index contributed by atoms with van der Waals surface area (Å²) in [5.41, 5.74) is 5.50. The van der Waals surface area contributed by atoms with Crippen molar-refractivity contribution in [1.29, 1.82) is 0 Å². The van der Waals surface area contributed by atoms with E-state index in [1.165, 1.54) is 0 Å². The third-order valence-corrected chi connectivity index (χ3v) is 1.79. The quantitative estimate of drug-likeness (QED) is 0.636. The van der Waals surface area contributed by atoms with Gasteiger partial charge in [0.05, 0.1) is 12.5 Å². The lowest BCUT2D eigenvalue weighted by Gasteiger charge is -2.29. The van der Waals surface area contributed by atoms with Crippen molar-refractivity contribution >= 4 is 18.4 Å². The van der Waals surface area contributed by atoms with Gasteiger partial charge in [0, 0.05) is 6.04 Å². The summed E-state index contributed by atoms with van der Waals surface area (Å²) in [5, 5.41) is 0. The molecule has 1 fully saturated rings. The van der Waals surface area contributed by atoms with E-state index in [1.807, 2.05) is 6.92 Å². The van der Waals surface area contributed by atoms with Crippen LogP contribution in [0.25, 0.3) is 0 Å². The SMILES string of the molecule is CCOC(=O)C1CC(N)C1.Cl. The maximum Gasteiger partial charge on any atom is 0.309 e. The van der Waals surface area contributed by atoms with Gasteiger partial charge in [-0.3, -0.25) is 4.79 Å². The first-order valence-electron chi connectivity index (χ1n) is 3.66. The lowest BCUT2D eigenvalue weighted by Crippen LogP contribution is -2.41. The minimum Gasteiger partial charge on any atom is -0.466 e. The minimum atomic E-state index is -0.0794. The van der Waals surface area contributed by atoms with Gasteiger partial charge in [-0.15, -0.1) is 12.4 Å². The highest BCUT2D eigenvalue weighted by Crippen LogP contribution is 2.26. The Balaban J connectivity index is 0.000001000. The van der Waals surface area contributed by atoms with Gasteiger partial charge in [-0.05, 0) is 19.8 Å². The predicted octanol–water partition coefficient (Wildman–Crippen LogP) is 0.709. The zero-order chi connectivity index (χ0) is 7.56. The van der Waals surface area contributed by atoms with Crippen LogP contribution < -0.4 is 5.73 Å². The van der Waals surface area contributed by atoms with Gasteiger partial charge in [0.15, 0.2) is 0 Å². The number of esters is 1. The molecule has 1 saturated carbocycles. The maximum absolute atomic E-state index is 10.9. The van der Waals surface area contributed by atoms with Crippen LogP contribution in [0.2, 0.25) is 0 Å². The third-order valence-electron chi connectivity index (χ3n) is 1.79. The second kappa shape index (κ2) is 4.57. The average Bonchev–Trinajstić information content (AvgIpc) is 1.82. The molecule has 0 amide bonds. The van der Waals surface area contributed by atoms with Crippen LogP contribution in [-0.2, 0) is 9.53 Å². The van der Waals surface area contributed by atoms with Gasteiger partial charge in [0.25, 0.3) is 0 Å². The molecule has 66 valence electrons. The summed E-state index contributed by atoms with van der Waals surface area (Å²) in [6, 6.07) is 0.231. The molecule has 1 aliphatic carbocycles. The number of ether oxygens (including phenoxy) is 1. The second-order valence-corrected chi connectivity index (χ2v) is 2.68. The molecule has 0 bridgehead atoms. The van der Waals surface area contributed by atoms with Gasteiger partial charge in [-0.2, -0.15) is 0 Å². The van der Waals surface area contributed by atoms with E-state index in [-0.39, 0.29) is 30.3 Å². The zero-order valence-electron chi connectivity index (χ0n) is 6.58. The van der Waals surface area contributed by atoms with Crippen LogP contribution >= 0.6 is 12.4 Å². The highest BCUT2D eigenvalue weighted by molar-refractivity contribution is 5.85. The van der Waals surface area contributed by atoms with Gasteiger partial charge in [-0.1, -0.05) is 0 Å². The van der Waals surface area contributed by atoms with Crippen molar-refractivity contribution in [3.63, 3.8) is 0 Å². The molecule has 0 atom stereocenters. The smallest absolute Gasteiger partial charge is 0.309 e. The molecule has 0 radical (unpaired) electrons. The van der Waals surface area contributed by atoms with Crippen LogP contribution in [0.1, 0.15) is 19.8 Å². The lowest BCUT2D eigenvalue weighted by atomic mass is 9.81. The molecule has 0 aromatic carbocycles. The van der Waals surface area contributed by atoms with E-state index >= 15 is 0 Å². The van der Waals surface area contributed by atoms with Crippen molar-refractivity contribution in [3.8, 4) is 0 Å². The Labute approximate surface area is 72.7 Å². The number of carbonyl (C=O) groups is 1. The summed E-state index contributed by atoms with van der Waals surface area (Å²) in [4.78, 5) is 10.9. The summed E-state index contributed by atoms with van der Waals surface area (Å²) >= 11 is 0. The molecular formula is C7H14ClNO2. The monoisotopic (exact) mass is 179 g/mol. The fourth-order valence-corrected chi connectivity index (χ4v) is 1.11. The van der Waals surface area contributed by atoms with Crippen LogP contribution in [0, 0.1) is 5.92 Å². The first kappa shape index (κ1) is 10.7. The minimum absolute atomic E-state index is 0. The zero-order valence-corrected chi connectivity index (χ0v) is 7.39. The van der Waals surface area contributed by atoms with Gasteiger partial charge < -0.3 is 10.5 Å². The number of carbonyl (C=O) groups excluding carboxylic acids is 1. The number of halogens is 1. The molecule has 0 aromatic rings. The molecule has 0 heterocycles. The topological polar surface area (TPSA) is 52.3 Å². The van der Waals surface area contributed by atoms with E-state index < -0.39 is 0 Å². The van der Waals surface area contributed by atoms with E-state index in [0.29, 0.717) is 6.61 Å². The molecule has 0 saturated heterocycles. The summed E-state index contributed by atoms with van der Waals surface area (Å²) in [6.07, 6.45) is 1.61. The standard InChI is InChI=1S/C7H13NO2.ClH/c1-2-10-7(9)5-3-6(8)4-5;/h5-6H,2-4,8H2,1H3;1H. The Kier molecular flexibility index (Phi) is 4.45.